The van der Waals surface area contributed by atoms with E-state index in [4.69, 9.17) is 0 Å². The number of benzene rings is 1. The van der Waals surface area contributed by atoms with Crippen molar-refractivity contribution < 1.29 is 9.59 Å². The summed E-state index contributed by atoms with van der Waals surface area (Å²) in [6.07, 6.45) is 0.485. The molecule has 0 spiro atoms. The maximum atomic E-state index is 12.8. The minimum absolute atomic E-state index is 0.140. The lowest BCUT2D eigenvalue weighted by Crippen LogP contribution is -2.35. The van der Waals surface area contributed by atoms with Crippen LogP contribution in [0.1, 0.15) is 18.5 Å². The SMILES string of the molecule is Cc1c(NC(=O)C2=NN(C)C(=O)CC2)c(=O)n(-c2ccccc2)n1C. The fraction of sp³-hybridized carbons (Fsp3) is 0.294. The van der Waals surface area contributed by atoms with Crippen LogP contribution in [-0.2, 0) is 16.6 Å². The zero-order chi connectivity index (χ0) is 18.1. The lowest BCUT2D eigenvalue weighted by atomic mass is 10.1. The zero-order valence-electron chi connectivity index (χ0n) is 14.3. The predicted molar refractivity (Wildman–Crippen MR) is 93.8 cm³/mol. The Labute approximate surface area is 144 Å². The summed E-state index contributed by atoms with van der Waals surface area (Å²) >= 11 is 0. The molecule has 130 valence electrons. The summed E-state index contributed by atoms with van der Waals surface area (Å²) in [5.41, 5.74) is 1.46. The highest BCUT2D eigenvalue weighted by Gasteiger charge is 2.24. The number of carbonyl (C=O) groups excluding carboxylic acids is 2. The van der Waals surface area contributed by atoms with Crippen molar-refractivity contribution >= 4 is 23.2 Å². The molecule has 1 N–H and O–H groups in total. The predicted octanol–water partition coefficient (Wildman–Crippen LogP) is 1.03. The summed E-state index contributed by atoms with van der Waals surface area (Å²) in [5, 5.41) is 7.78. The third kappa shape index (κ3) is 2.98. The lowest BCUT2D eigenvalue weighted by Gasteiger charge is -2.18. The number of rotatable bonds is 3. The van der Waals surface area contributed by atoms with E-state index in [1.54, 1.807) is 18.7 Å². The Bertz CT molecular complexity index is 924. The highest BCUT2D eigenvalue weighted by molar-refractivity contribution is 6.43. The molecule has 0 radical (unpaired) electrons. The van der Waals surface area contributed by atoms with Gasteiger partial charge in [0.15, 0.2) is 0 Å². The number of amides is 2. The van der Waals surface area contributed by atoms with Crippen LogP contribution in [0.4, 0.5) is 5.69 Å². The van der Waals surface area contributed by atoms with E-state index in [9.17, 15) is 14.4 Å². The molecule has 2 amide bonds. The molecular weight excluding hydrogens is 322 g/mol. The van der Waals surface area contributed by atoms with Crippen LogP contribution in [0, 0.1) is 6.92 Å². The third-order valence-corrected chi connectivity index (χ3v) is 4.26. The molecule has 25 heavy (non-hydrogen) atoms. The Kier molecular flexibility index (Phi) is 4.26. The molecule has 0 saturated heterocycles. The van der Waals surface area contributed by atoms with E-state index in [0.29, 0.717) is 11.4 Å². The van der Waals surface area contributed by atoms with Crippen LogP contribution in [0.2, 0.25) is 0 Å². The summed E-state index contributed by atoms with van der Waals surface area (Å²) in [6.45, 7) is 1.76. The number of hydrazone groups is 1. The lowest BCUT2D eigenvalue weighted by molar-refractivity contribution is -0.130. The largest absolute Gasteiger partial charge is 0.315 e. The van der Waals surface area contributed by atoms with E-state index in [1.165, 1.54) is 11.7 Å². The summed E-state index contributed by atoms with van der Waals surface area (Å²) in [7, 11) is 3.26. The second-order valence-corrected chi connectivity index (χ2v) is 5.85. The van der Waals surface area contributed by atoms with E-state index < -0.39 is 5.91 Å². The van der Waals surface area contributed by atoms with Crippen molar-refractivity contribution in [2.45, 2.75) is 19.8 Å². The van der Waals surface area contributed by atoms with Gasteiger partial charge in [0, 0.05) is 26.9 Å². The maximum absolute atomic E-state index is 12.8. The van der Waals surface area contributed by atoms with Gasteiger partial charge in [-0.2, -0.15) is 5.10 Å². The van der Waals surface area contributed by atoms with Crippen molar-refractivity contribution in [3.05, 3.63) is 46.4 Å². The maximum Gasteiger partial charge on any atom is 0.295 e. The average Bonchev–Trinajstić information content (AvgIpc) is 2.81. The number of hydrogen-bond acceptors (Lipinski definition) is 4. The second-order valence-electron chi connectivity index (χ2n) is 5.85. The minimum atomic E-state index is -0.467. The molecule has 0 saturated carbocycles. The summed E-state index contributed by atoms with van der Waals surface area (Å²) < 4.78 is 3.18. The Morgan fingerprint density at radius 3 is 2.44 bits per heavy atom. The normalized spacial score (nSPS) is 14.4. The highest BCUT2D eigenvalue weighted by Crippen LogP contribution is 2.15. The first-order valence-electron chi connectivity index (χ1n) is 7.89. The molecular formula is C17H19N5O3. The Balaban J connectivity index is 1.94. The minimum Gasteiger partial charge on any atom is -0.315 e. The van der Waals surface area contributed by atoms with Gasteiger partial charge in [0.05, 0.1) is 11.4 Å². The molecule has 2 aromatic rings. The van der Waals surface area contributed by atoms with Crippen LogP contribution < -0.4 is 10.9 Å². The fourth-order valence-electron chi connectivity index (χ4n) is 2.73. The molecule has 1 aliphatic heterocycles. The average molecular weight is 341 g/mol. The van der Waals surface area contributed by atoms with Crippen molar-refractivity contribution in [1.29, 1.82) is 0 Å². The molecule has 1 aromatic carbocycles. The van der Waals surface area contributed by atoms with Gasteiger partial charge in [-0.1, -0.05) is 18.2 Å². The van der Waals surface area contributed by atoms with Crippen molar-refractivity contribution in [3.63, 3.8) is 0 Å². The van der Waals surface area contributed by atoms with Gasteiger partial charge in [0.1, 0.15) is 11.4 Å². The number of carbonyl (C=O) groups is 2. The van der Waals surface area contributed by atoms with Crippen LogP contribution in [0.5, 0.6) is 0 Å². The van der Waals surface area contributed by atoms with E-state index >= 15 is 0 Å². The van der Waals surface area contributed by atoms with Crippen LogP contribution in [0.15, 0.2) is 40.2 Å². The van der Waals surface area contributed by atoms with Gasteiger partial charge in [0.2, 0.25) is 5.91 Å². The van der Waals surface area contributed by atoms with Crippen LogP contribution >= 0.6 is 0 Å². The molecule has 0 fully saturated rings. The number of aromatic nitrogens is 2. The van der Waals surface area contributed by atoms with Crippen molar-refractivity contribution in [2.24, 2.45) is 12.1 Å². The molecule has 1 aliphatic rings. The second kappa shape index (κ2) is 6.39. The third-order valence-electron chi connectivity index (χ3n) is 4.26. The number of nitrogens with zero attached hydrogens (tertiary/aromatic N) is 4. The van der Waals surface area contributed by atoms with Gasteiger partial charge in [-0.3, -0.25) is 19.1 Å². The van der Waals surface area contributed by atoms with E-state index in [1.807, 2.05) is 30.3 Å². The Morgan fingerprint density at radius 2 is 1.80 bits per heavy atom. The van der Waals surface area contributed by atoms with Crippen molar-refractivity contribution in [3.8, 4) is 5.69 Å². The van der Waals surface area contributed by atoms with E-state index in [-0.39, 0.29) is 35.7 Å². The monoisotopic (exact) mass is 341 g/mol. The molecule has 3 rings (SSSR count). The molecule has 0 aliphatic carbocycles. The molecule has 8 heteroatoms. The Hall–Kier alpha value is -3.16. The quantitative estimate of drug-likeness (QED) is 0.904. The van der Waals surface area contributed by atoms with Crippen molar-refractivity contribution in [2.75, 3.05) is 12.4 Å². The van der Waals surface area contributed by atoms with E-state index in [2.05, 4.69) is 10.4 Å². The topological polar surface area (TPSA) is 88.7 Å². The number of hydrogen-bond donors (Lipinski definition) is 1. The van der Waals surface area contributed by atoms with E-state index in [0.717, 1.165) is 5.01 Å². The summed E-state index contributed by atoms with van der Waals surface area (Å²) in [4.78, 5) is 36.7. The highest BCUT2D eigenvalue weighted by atomic mass is 16.2. The standard InChI is InChI=1S/C17H19N5O3/c1-11-15(18-16(24)13-9-10-14(23)20(2)19-13)17(25)22(21(11)3)12-7-5-4-6-8-12/h4-8H,9-10H2,1-3H3,(H,18,24). The molecule has 0 bridgehead atoms. The zero-order valence-corrected chi connectivity index (χ0v) is 14.3. The van der Waals surface area contributed by atoms with Crippen LogP contribution in [0.3, 0.4) is 0 Å². The Morgan fingerprint density at radius 1 is 1.12 bits per heavy atom. The smallest absolute Gasteiger partial charge is 0.295 e. The fourth-order valence-corrected chi connectivity index (χ4v) is 2.73. The first-order chi connectivity index (χ1) is 11.9. The first kappa shape index (κ1) is 16.7. The van der Waals surface area contributed by atoms with Gasteiger partial charge in [-0.05, 0) is 19.1 Å². The van der Waals surface area contributed by atoms with Crippen LogP contribution in [-0.4, -0.2) is 38.9 Å². The number of nitrogens with one attached hydrogen (secondary N) is 1. The van der Waals surface area contributed by atoms with Gasteiger partial charge < -0.3 is 5.32 Å². The summed E-state index contributed by atoms with van der Waals surface area (Å²) in [6, 6.07) is 9.18. The van der Waals surface area contributed by atoms with Gasteiger partial charge in [-0.25, -0.2) is 9.69 Å². The molecule has 0 atom stereocenters. The number of para-hydroxylation sites is 1. The molecule has 1 aromatic heterocycles. The van der Waals surface area contributed by atoms with Crippen LogP contribution in [0.25, 0.3) is 5.69 Å². The van der Waals surface area contributed by atoms with Gasteiger partial charge >= 0.3 is 0 Å². The van der Waals surface area contributed by atoms with Crippen molar-refractivity contribution in [1.82, 2.24) is 14.4 Å². The van der Waals surface area contributed by atoms with Gasteiger partial charge in [0.25, 0.3) is 11.5 Å². The molecule has 8 nitrogen and oxygen atoms in total. The number of anilines is 1. The first-order valence-corrected chi connectivity index (χ1v) is 7.89. The molecule has 0 unspecified atom stereocenters. The summed E-state index contributed by atoms with van der Waals surface area (Å²) in [5.74, 6) is -0.607. The van der Waals surface area contributed by atoms with Gasteiger partial charge in [-0.15, -0.1) is 0 Å². The molecule has 2 heterocycles.